The highest BCUT2D eigenvalue weighted by Gasteiger charge is 2.24. The van der Waals surface area contributed by atoms with E-state index in [4.69, 9.17) is 19.9 Å². The number of fused-ring (bicyclic) bond motifs is 1. The van der Waals surface area contributed by atoms with Crippen LogP contribution in [0.2, 0.25) is 0 Å². The Balaban J connectivity index is 1.36. The molecule has 13 nitrogen and oxygen atoms in total. The van der Waals surface area contributed by atoms with Crippen molar-refractivity contribution >= 4 is 34.1 Å². The number of nitro groups is 1. The molecule has 3 N–H and O–H groups in total. The molecule has 206 valence electrons. The van der Waals surface area contributed by atoms with Gasteiger partial charge >= 0.3 is 5.84 Å². The maximum Gasteiger partial charge on any atom is 0.368 e. The molecule has 13 heteroatoms. The lowest BCUT2D eigenvalue weighted by Crippen LogP contribution is -2.23. The second-order valence-electron chi connectivity index (χ2n) is 10.1. The molecular formula is C26H33N9O4. The molecule has 1 aliphatic carbocycles. The minimum absolute atomic E-state index is 0.0113. The van der Waals surface area contributed by atoms with Crippen molar-refractivity contribution in [2.45, 2.75) is 64.9 Å². The third kappa shape index (κ3) is 6.55. The largest absolute Gasteiger partial charge is 0.390 e. The molecule has 2 fully saturated rings. The van der Waals surface area contributed by atoms with E-state index in [9.17, 15) is 10.1 Å². The van der Waals surface area contributed by atoms with Gasteiger partial charge in [-0.2, -0.15) is 0 Å². The van der Waals surface area contributed by atoms with Gasteiger partial charge in [0.15, 0.2) is 12.1 Å². The molecule has 39 heavy (non-hydrogen) atoms. The van der Waals surface area contributed by atoms with E-state index in [1.807, 2.05) is 6.07 Å². The number of aromatic nitrogens is 5. The first kappa shape index (κ1) is 26.6. The molecular weight excluding hydrogens is 502 g/mol. The van der Waals surface area contributed by atoms with Gasteiger partial charge in [0.2, 0.25) is 0 Å². The lowest BCUT2D eigenvalue weighted by molar-refractivity contribution is -0.348. The van der Waals surface area contributed by atoms with Crippen LogP contribution >= 0.6 is 0 Å². The van der Waals surface area contributed by atoms with Gasteiger partial charge in [-0.15, -0.1) is 0 Å². The number of hydrogen-bond acceptors (Lipinski definition) is 11. The van der Waals surface area contributed by atoms with E-state index >= 15 is 0 Å². The smallest absolute Gasteiger partial charge is 0.368 e. The maximum atomic E-state index is 11.4. The van der Waals surface area contributed by atoms with Gasteiger partial charge in [-0.25, -0.2) is 19.9 Å². The SMILES string of the molecule is CC(C)n1c(COC2CCCCO2)nc2cnc(Nc3ccnc(/C(=C/NCC4CC4)C(=N)[N+](=O)[O-])n3)cc21. The summed E-state index contributed by atoms with van der Waals surface area (Å²) in [6.07, 6.45) is 9.74. The summed E-state index contributed by atoms with van der Waals surface area (Å²) >= 11 is 0. The number of nitrogens with zero attached hydrogens (tertiary/aromatic N) is 6. The van der Waals surface area contributed by atoms with Crippen molar-refractivity contribution in [3.63, 3.8) is 0 Å². The van der Waals surface area contributed by atoms with Crippen molar-refractivity contribution in [3.05, 3.63) is 52.5 Å². The van der Waals surface area contributed by atoms with E-state index in [2.05, 4.69) is 44.0 Å². The molecule has 0 radical (unpaired) electrons. The molecule has 3 aromatic heterocycles. The molecule has 0 spiro atoms. The Hall–Kier alpha value is -3.97. The van der Waals surface area contributed by atoms with Crippen LogP contribution in [-0.2, 0) is 16.1 Å². The number of nitrogens with one attached hydrogen (secondary N) is 3. The molecule has 1 aliphatic heterocycles. The standard InChI is InChI=1S/C26H33N9O4/c1-16(2)34-20-11-22(30-14-19(20)31-23(34)15-39-24-5-3-4-10-38-24)32-21-8-9-29-26(33-21)18(25(27)35(36)37)13-28-12-17-6-7-17/h8-9,11,13-14,16-17,24,27-28H,3-7,10,12,15H2,1-2H3,(H,29,30,32,33)/b18-13+,27-25?. The minimum Gasteiger partial charge on any atom is -0.390 e. The molecule has 1 atom stereocenters. The first-order valence-corrected chi connectivity index (χ1v) is 13.3. The van der Waals surface area contributed by atoms with Crippen LogP contribution < -0.4 is 10.6 Å². The average Bonchev–Trinajstić information content (AvgIpc) is 3.68. The van der Waals surface area contributed by atoms with Crippen LogP contribution in [0.5, 0.6) is 0 Å². The fourth-order valence-corrected chi connectivity index (χ4v) is 4.48. The highest BCUT2D eigenvalue weighted by atomic mass is 16.7. The molecule has 0 bridgehead atoms. The van der Waals surface area contributed by atoms with Crippen LogP contribution in [0.15, 0.2) is 30.7 Å². The van der Waals surface area contributed by atoms with Crippen molar-refractivity contribution in [3.8, 4) is 0 Å². The highest BCUT2D eigenvalue weighted by Crippen LogP contribution is 2.28. The zero-order valence-electron chi connectivity index (χ0n) is 22.1. The lowest BCUT2D eigenvalue weighted by Gasteiger charge is -2.23. The minimum atomic E-state index is -0.774. The normalized spacial score (nSPS) is 17.9. The van der Waals surface area contributed by atoms with Crippen molar-refractivity contribution in [2.75, 3.05) is 18.5 Å². The van der Waals surface area contributed by atoms with Gasteiger partial charge in [-0.3, -0.25) is 0 Å². The number of pyridine rings is 1. The number of rotatable bonds is 11. The zero-order valence-corrected chi connectivity index (χ0v) is 22.1. The van der Waals surface area contributed by atoms with Gasteiger partial charge in [0, 0.05) is 37.7 Å². The Morgan fingerprint density at radius 2 is 2.13 bits per heavy atom. The molecule has 3 aromatic rings. The summed E-state index contributed by atoms with van der Waals surface area (Å²) in [5, 5.41) is 25.5. The van der Waals surface area contributed by atoms with Crippen molar-refractivity contribution in [1.29, 1.82) is 5.41 Å². The van der Waals surface area contributed by atoms with Crippen LogP contribution in [0.1, 0.15) is 63.6 Å². The first-order chi connectivity index (χ1) is 18.9. The van der Waals surface area contributed by atoms with Crippen molar-refractivity contribution in [2.24, 2.45) is 5.92 Å². The summed E-state index contributed by atoms with van der Waals surface area (Å²) in [6, 6.07) is 3.66. The van der Waals surface area contributed by atoms with Crippen LogP contribution in [0.25, 0.3) is 16.6 Å². The van der Waals surface area contributed by atoms with E-state index in [1.54, 1.807) is 12.3 Å². The van der Waals surface area contributed by atoms with Crippen LogP contribution in [-0.4, -0.2) is 54.7 Å². The summed E-state index contributed by atoms with van der Waals surface area (Å²) in [5.41, 5.74) is 1.64. The second kappa shape index (κ2) is 11.8. The Labute approximate surface area is 225 Å². The maximum absolute atomic E-state index is 11.4. The molecule has 1 saturated heterocycles. The molecule has 2 aliphatic rings. The average molecular weight is 536 g/mol. The fourth-order valence-electron chi connectivity index (χ4n) is 4.48. The Morgan fingerprint density at radius 3 is 2.85 bits per heavy atom. The number of imidazole rings is 1. The van der Waals surface area contributed by atoms with E-state index in [0.717, 1.165) is 55.6 Å². The Morgan fingerprint density at radius 1 is 1.28 bits per heavy atom. The predicted molar refractivity (Wildman–Crippen MR) is 145 cm³/mol. The lowest BCUT2D eigenvalue weighted by atomic mass is 10.2. The summed E-state index contributed by atoms with van der Waals surface area (Å²) in [6.45, 7) is 5.92. The third-order valence-electron chi connectivity index (χ3n) is 6.64. The number of amidine groups is 1. The molecule has 1 unspecified atom stereocenters. The zero-order chi connectivity index (χ0) is 27.4. The highest BCUT2D eigenvalue weighted by molar-refractivity contribution is 6.15. The van der Waals surface area contributed by atoms with E-state index in [0.29, 0.717) is 30.7 Å². The molecule has 0 aromatic carbocycles. The first-order valence-electron chi connectivity index (χ1n) is 13.3. The Kier molecular flexibility index (Phi) is 8.07. The van der Waals surface area contributed by atoms with Gasteiger partial charge in [-0.1, -0.05) is 5.41 Å². The monoisotopic (exact) mass is 535 g/mol. The number of hydrogen-bond donors (Lipinski definition) is 3. The third-order valence-corrected chi connectivity index (χ3v) is 6.64. The van der Waals surface area contributed by atoms with Gasteiger partial charge in [0.25, 0.3) is 0 Å². The van der Waals surface area contributed by atoms with E-state index in [-0.39, 0.29) is 23.7 Å². The fraction of sp³-hybridized carbons (Fsp3) is 0.500. The summed E-state index contributed by atoms with van der Waals surface area (Å²) in [4.78, 5) is 28.5. The molecule has 0 amide bonds. The van der Waals surface area contributed by atoms with Gasteiger partial charge in [0.05, 0.1) is 11.7 Å². The van der Waals surface area contributed by atoms with Crippen molar-refractivity contribution < 1.29 is 14.4 Å². The summed E-state index contributed by atoms with van der Waals surface area (Å²) in [7, 11) is 0. The summed E-state index contributed by atoms with van der Waals surface area (Å²) in [5.74, 6) is 1.58. The van der Waals surface area contributed by atoms with Crippen LogP contribution in [0.3, 0.4) is 0 Å². The van der Waals surface area contributed by atoms with E-state index < -0.39 is 10.8 Å². The summed E-state index contributed by atoms with van der Waals surface area (Å²) < 4.78 is 13.8. The van der Waals surface area contributed by atoms with Crippen LogP contribution in [0.4, 0.5) is 11.6 Å². The molecule has 5 rings (SSSR count). The quantitative estimate of drug-likeness (QED) is 0.140. The van der Waals surface area contributed by atoms with Crippen LogP contribution in [0, 0.1) is 21.4 Å². The van der Waals surface area contributed by atoms with Gasteiger partial charge < -0.3 is 34.8 Å². The van der Waals surface area contributed by atoms with Gasteiger partial charge in [0.1, 0.15) is 35.2 Å². The topological polar surface area (TPSA) is 166 Å². The molecule has 1 saturated carbocycles. The number of ether oxygens (including phenoxy) is 2. The predicted octanol–water partition coefficient (Wildman–Crippen LogP) is 4.18. The second-order valence-corrected chi connectivity index (χ2v) is 10.1. The number of anilines is 2. The molecule has 4 heterocycles. The van der Waals surface area contributed by atoms with E-state index in [1.165, 1.54) is 12.4 Å². The van der Waals surface area contributed by atoms with Gasteiger partial charge in [-0.05, 0) is 62.9 Å². The van der Waals surface area contributed by atoms with Crippen molar-refractivity contribution in [1.82, 2.24) is 29.8 Å². The Bertz CT molecular complexity index is 1380.